The van der Waals surface area contributed by atoms with Crippen LogP contribution in [0, 0.1) is 0 Å². The first-order chi connectivity index (χ1) is 9.74. The van der Waals surface area contributed by atoms with Crippen LogP contribution in [-0.2, 0) is 14.8 Å². The zero-order chi connectivity index (χ0) is 16.0. The Morgan fingerprint density at radius 2 is 2.10 bits per heavy atom. The Bertz CT molecular complexity index is 599. The van der Waals surface area contributed by atoms with Crippen LogP contribution in [0.3, 0.4) is 0 Å². The van der Waals surface area contributed by atoms with Crippen LogP contribution < -0.4 is 20.9 Å². The predicted molar refractivity (Wildman–Crippen MR) is 80.5 cm³/mol. The second-order valence-corrected chi connectivity index (χ2v) is 6.39. The highest BCUT2D eigenvalue weighted by Gasteiger charge is 2.14. The number of ether oxygens (including phenoxy) is 1. The van der Waals surface area contributed by atoms with E-state index < -0.39 is 10.0 Å². The minimum absolute atomic E-state index is 0.0399. The topological polar surface area (TPSA) is 125 Å². The molecule has 5 N–H and O–H groups in total. The van der Waals surface area contributed by atoms with Crippen LogP contribution in [0.25, 0.3) is 0 Å². The van der Waals surface area contributed by atoms with E-state index in [0.717, 1.165) is 6.42 Å². The van der Waals surface area contributed by atoms with Crippen LogP contribution in [0.2, 0.25) is 0 Å². The van der Waals surface area contributed by atoms with E-state index in [1.54, 1.807) is 0 Å². The number of nitrogens with one attached hydrogen (secondary N) is 1. The molecule has 1 unspecified atom stereocenters. The Morgan fingerprint density at radius 1 is 1.43 bits per heavy atom. The summed E-state index contributed by atoms with van der Waals surface area (Å²) in [5.74, 6) is 0.128. The van der Waals surface area contributed by atoms with Crippen molar-refractivity contribution >= 4 is 21.6 Å². The summed E-state index contributed by atoms with van der Waals surface area (Å²) in [7, 11) is -2.41. The van der Waals surface area contributed by atoms with Crippen molar-refractivity contribution < 1.29 is 17.9 Å². The fraction of sp³-hybridized carbons (Fsp3) is 0.462. The zero-order valence-corrected chi connectivity index (χ0v) is 12.9. The Balaban J connectivity index is 2.83. The van der Waals surface area contributed by atoms with Gasteiger partial charge < -0.3 is 15.8 Å². The number of hydrogen-bond donors (Lipinski definition) is 3. The number of carbonyl (C=O) groups is 1. The molecule has 0 aromatic heterocycles. The third-order valence-corrected chi connectivity index (χ3v) is 3.75. The summed E-state index contributed by atoms with van der Waals surface area (Å²) in [5, 5.41) is 7.69. The molecule has 1 amide bonds. The lowest BCUT2D eigenvalue weighted by atomic mass is 10.1. The van der Waals surface area contributed by atoms with Crippen molar-refractivity contribution in [2.75, 3.05) is 12.4 Å². The van der Waals surface area contributed by atoms with Crippen LogP contribution in [0.1, 0.15) is 26.2 Å². The molecule has 1 aromatic carbocycles. The molecule has 21 heavy (non-hydrogen) atoms. The van der Waals surface area contributed by atoms with E-state index in [1.807, 2.05) is 6.92 Å². The van der Waals surface area contributed by atoms with E-state index in [4.69, 9.17) is 15.6 Å². The van der Waals surface area contributed by atoms with Gasteiger partial charge in [-0.05, 0) is 38.0 Å². The number of nitrogens with two attached hydrogens (primary N) is 2. The summed E-state index contributed by atoms with van der Waals surface area (Å²) in [6, 6.07) is 4.08. The van der Waals surface area contributed by atoms with Crippen molar-refractivity contribution in [3.05, 3.63) is 18.2 Å². The summed E-state index contributed by atoms with van der Waals surface area (Å²) in [5.41, 5.74) is 5.89. The molecule has 0 aliphatic heterocycles. The molecular weight excluding hydrogens is 294 g/mol. The molecule has 7 nitrogen and oxygen atoms in total. The highest BCUT2D eigenvalue weighted by Crippen LogP contribution is 2.27. The third-order valence-electron chi connectivity index (χ3n) is 2.84. The maximum atomic E-state index is 11.8. The first-order valence-electron chi connectivity index (χ1n) is 6.50. The molecule has 0 saturated carbocycles. The highest BCUT2D eigenvalue weighted by atomic mass is 32.2. The molecular formula is C13H21N3O4S. The molecule has 0 fully saturated rings. The molecule has 0 bridgehead atoms. The fourth-order valence-corrected chi connectivity index (χ4v) is 2.30. The number of benzene rings is 1. The van der Waals surface area contributed by atoms with Gasteiger partial charge in [-0.1, -0.05) is 0 Å². The van der Waals surface area contributed by atoms with Crippen LogP contribution in [0.4, 0.5) is 5.69 Å². The lowest BCUT2D eigenvalue weighted by Crippen LogP contribution is -2.17. The zero-order valence-electron chi connectivity index (χ0n) is 12.1. The second-order valence-electron chi connectivity index (χ2n) is 4.82. The van der Waals surface area contributed by atoms with E-state index in [2.05, 4.69) is 5.32 Å². The number of anilines is 1. The van der Waals surface area contributed by atoms with Gasteiger partial charge >= 0.3 is 0 Å². The molecule has 8 heteroatoms. The van der Waals surface area contributed by atoms with Gasteiger partial charge in [-0.2, -0.15) is 0 Å². The lowest BCUT2D eigenvalue weighted by molar-refractivity contribution is -0.116. The van der Waals surface area contributed by atoms with Crippen molar-refractivity contribution in [1.29, 1.82) is 0 Å². The molecule has 1 aromatic rings. The van der Waals surface area contributed by atoms with Crippen LogP contribution >= 0.6 is 0 Å². The van der Waals surface area contributed by atoms with Gasteiger partial charge in [-0.3, -0.25) is 4.79 Å². The summed E-state index contributed by atoms with van der Waals surface area (Å²) in [6.07, 6.45) is 1.69. The number of methoxy groups -OCH3 is 1. The molecule has 118 valence electrons. The molecule has 0 heterocycles. The van der Waals surface area contributed by atoms with Crippen molar-refractivity contribution in [3.8, 4) is 5.75 Å². The van der Waals surface area contributed by atoms with E-state index in [0.29, 0.717) is 18.6 Å². The van der Waals surface area contributed by atoms with Crippen molar-refractivity contribution in [2.45, 2.75) is 37.1 Å². The van der Waals surface area contributed by atoms with Gasteiger partial charge in [0.15, 0.2) is 0 Å². The molecule has 1 rings (SSSR count). The monoisotopic (exact) mass is 315 g/mol. The van der Waals surface area contributed by atoms with Gasteiger partial charge in [0.25, 0.3) is 0 Å². The first-order valence-corrected chi connectivity index (χ1v) is 8.05. The number of sulfonamides is 1. The average molecular weight is 315 g/mol. The Hall–Kier alpha value is -1.64. The molecule has 0 radical (unpaired) electrons. The summed E-state index contributed by atoms with van der Waals surface area (Å²) in [6.45, 7) is 1.87. The van der Waals surface area contributed by atoms with Crippen molar-refractivity contribution in [1.82, 2.24) is 0 Å². The fourth-order valence-electron chi connectivity index (χ4n) is 1.76. The van der Waals surface area contributed by atoms with Gasteiger partial charge in [0, 0.05) is 12.5 Å². The third kappa shape index (κ3) is 5.70. The van der Waals surface area contributed by atoms with Gasteiger partial charge in [0.2, 0.25) is 15.9 Å². The van der Waals surface area contributed by atoms with Crippen LogP contribution in [-0.4, -0.2) is 27.5 Å². The highest BCUT2D eigenvalue weighted by molar-refractivity contribution is 7.89. The number of amides is 1. The molecule has 0 aliphatic rings. The number of carbonyl (C=O) groups excluding carboxylic acids is 1. The SMILES string of the molecule is COc1ccc(S(N)(=O)=O)cc1NC(=O)CCCC(C)N. The molecule has 0 spiro atoms. The maximum Gasteiger partial charge on any atom is 0.238 e. The van der Waals surface area contributed by atoms with Gasteiger partial charge in [0.1, 0.15) is 5.75 Å². The minimum atomic E-state index is -3.84. The Labute approximate surface area is 124 Å². The van der Waals surface area contributed by atoms with E-state index >= 15 is 0 Å². The number of primary sulfonamides is 1. The van der Waals surface area contributed by atoms with Gasteiger partial charge in [-0.15, -0.1) is 0 Å². The maximum absolute atomic E-state index is 11.8. The molecule has 0 saturated heterocycles. The van der Waals surface area contributed by atoms with Gasteiger partial charge in [0.05, 0.1) is 17.7 Å². The quantitative estimate of drug-likeness (QED) is 0.686. The number of rotatable bonds is 7. The van der Waals surface area contributed by atoms with Gasteiger partial charge in [-0.25, -0.2) is 13.6 Å². The molecule has 1 atom stereocenters. The predicted octanol–water partition coefficient (Wildman–Crippen LogP) is 0.799. The largest absolute Gasteiger partial charge is 0.495 e. The summed E-state index contributed by atoms with van der Waals surface area (Å²) < 4.78 is 27.7. The second kappa shape index (κ2) is 7.39. The van der Waals surface area contributed by atoms with Crippen molar-refractivity contribution in [2.24, 2.45) is 10.9 Å². The van der Waals surface area contributed by atoms with Crippen molar-refractivity contribution in [3.63, 3.8) is 0 Å². The smallest absolute Gasteiger partial charge is 0.238 e. The first kappa shape index (κ1) is 17.4. The normalized spacial score (nSPS) is 12.8. The Morgan fingerprint density at radius 3 is 2.62 bits per heavy atom. The van der Waals surface area contributed by atoms with E-state index in [9.17, 15) is 13.2 Å². The summed E-state index contributed by atoms with van der Waals surface area (Å²) in [4.78, 5) is 11.7. The standard InChI is InChI=1S/C13H21N3O4S/c1-9(14)4-3-5-13(17)16-11-8-10(21(15,18)19)6-7-12(11)20-2/h6-9H,3-5,14H2,1-2H3,(H,16,17)(H2,15,18,19). The minimum Gasteiger partial charge on any atom is -0.495 e. The van der Waals surface area contributed by atoms with E-state index in [1.165, 1.54) is 25.3 Å². The van der Waals surface area contributed by atoms with Crippen LogP contribution in [0.5, 0.6) is 5.75 Å². The van der Waals surface area contributed by atoms with Crippen LogP contribution in [0.15, 0.2) is 23.1 Å². The molecule has 0 aliphatic carbocycles. The summed E-state index contributed by atoms with van der Waals surface area (Å²) >= 11 is 0. The lowest BCUT2D eigenvalue weighted by Gasteiger charge is -2.12. The Kier molecular flexibility index (Phi) is 6.13. The van der Waals surface area contributed by atoms with E-state index in [-0.39, 0.29) is 22.5 Å². The average Bonchev–Trinajstić information content (AvgIpc) is 2.37. The number of hydrogen-bond acceptors (Lipinski definition) is 5.